The number of benzene rings is 1. The Morgan fingerprint density at radius 2 is 1.75 bits per heavy atom. The van der Waals surface area contributed by atoms with E-state index in [4.69, 9.17) is 9.47 Å². The maximum absolute atomic E-state index is 12.4. The molecule has 6 heteroatoms. The van der Waals surface area contributed by atoms with E-state index in [1.54, 1.807) is 42.6 Å². The van der Waals surface area contributed by atoms with Crippen LogP contribution in [-0.4, -0.2) is 41.7 Å². The van der Waals surface area contributed by atoms with Gasteiger partial charge in [0.05, 0.1) is 25.0 Å². The first-order valence-corrected chi connectivity index (χ1v) is 7.73. The van der Waals surface area contributed by atoms with E-state index in [1.165, 1.54) is 16.8 Å². The number of rotatable bonds is 4. The third kappa shape index (κ3) is 3.91. The molecule has 0 amide bonds. The lowest BCUT2D eigenvalue weighted by Crippen LogP contribution is -2.37. The Morgan fingerprint density at radius 3 is 2.46 bits per heavy atom. The molecule has 3 rings (SSSR count). The first kappa shape index (κ1) is 16.0. The van der Waals surface area contributed by atoms with Crippen molar-refractivity contribution in [3.05, 3.63) is 76.5 Å². The van der Waals surface area contributed by atoms with Crippen molar-refractivity contribution < 1.29 is 14.3 Å². The molecular formula is C18H18N2O4. The van der Waals surface area contributed by atoms with E-state index in [2.05, 4.69) is 0 Å². The van der Waals surface area contributed by atoms with Gasteiger partial charge in [-0.3, -0.25) is 9.36 Å². The Morgan fingerprint density at radius 1 is 1.04 bits per heavy atom. The van der Waals surface area contributed by atoms with E-state index in [9.17, 15) is 9.59 Å². The molecule has 1 fully saturated rings. The highest BCUT2D eigenvalue weighted by molar-refractivity contribution is 5.90. The zero-order valence-electron chi connectivity index (χ0n) is 13.1. The number of nitrogens with zero attached hydrogens (tertiary/aromatic N) is 2. The maximum Gasteiger partial charge on any atom is 0.344 e. The van der Waals surface area contributed by atoms with Crippen molar-refractivity contribution in [2.75, 3.05) is 26.3 Å². The van der Waals surface area contributed by atoms with Gasteiger partial charge >= 0.3 is 5.97 Å². The Bertz CT molecular complexity index is 777. The fourth-order valence-corrected chi connectivity index (χ4v) is 2.35. The summed E-state index contributed by atoms with van der Waals surface area (Å²) in [7, 11) is 0. The molecule has 1 saturated heterocycles. The van der Waals surface area contributed by atoms with Crippen molar-refractivity contribution in [3.8, 4) is 0 Å². The topological polar surface area (TPSA) is 60.8 Å². The molecule has 0 spiro atoms. The third-order valence-electron chi connectivity index (χ3n) is 3.63. The normalized spacial score (nSPS) is 15.2. The van der Waals surface area contributed by atoms with Gasteiger partial charge in [-0.25, -0.2) is 4.79 Å². The molecule has 6 nitrogen and oxygen atoms in total. The summed E-state index contributed by atoms with van der Waals surface area (Å²) in [6, 6.07) is 13.6. The number of ether oxygens (including phenoxy) is 2. The van der Waals surface area contributed by atoms with Crippen molar-refractivity contribution in [2.45, 2.75) is 0 Å². The molecule has 0 bridgehead atoms. The summed E-state index contributed by atoms with van der Waals surface area (Å²) in [5, 5.41) is 0. The number of pyridine rings is 1. The summed E-state index contributed by atoms with van der Waals surface area (Å²) < 4.78 is 12.3. The second-order valence-electron chi connectivity index (χ2n) is 5.27. The highest BCUT2D eigenvalue weighted by Crippen LogP contribution is 2.13. The molecule has 1 aromatic carbocycles. The van der Waals surface area contributed by atoms with Crippen LogP contribution in [0.2, 0.25) is 0 Å². The summed E-state index contributed by atoms with van der Waals surface area (Å²) in [6.07, 6.45) is 3.16. The van der Waals surface area contributed by atoms with Crippen LogP contribution < -0.4 is 5.56 Å². The predicted octanol–water partition coefficient (Wildman–Crippen LogP) is 1.79. The van der Waals surface area contributed by atoms with Crippen LogP contribution in [0.25, 0.3) is 6.20 Å². The van der Waals surface area contributed by atoms with Gasteiger partial charge in [0, 0.05) is 25.4 Å². The predicted molar refractivity (Wildman–Crippen MR) is 89.2 cm³/mol. The number of carbonyl (C=O) groups is 1. The van der Waals surface area contributed by atoms with Gasteiger partial charge in [-0.1, -0.05) is 24.3 Å². The lowest BCUT2D eigenvalue weighted by atomic mass is 10.2. The Hall–Kier alpha value is -2.86. The van der Waals surface area contributed by atoms with Crippen molar-refractivity contribution in [1.29, 1.82) is 0 Å². The van der Waals surface area contributed by atoms with E-state index >= 15 is 0 Å². The van der Waals surface area contributed by atoms with Crippen LogP contribution >= 0.6 is 0 Å². The number of esters is 1. The molecule has 1 aliphatic heterocycles. The average molecular weight is 326 g/mol. The highest BCUT2D eigenvalue weighted by atomic mass is 16.6. The van der Waals surface area contributed by atoms with Crippen LogP contribution in [0.1, 0.15) is 10.4 Å². The number of aromatic nitrogens is 1. The summed E-state index contributed by atoms with van der Waals surface area (Å²) >= 11 is 0. The van der Waals surface area contributed by atoms with Gasteiger partial charge in [-0.05, 0) is 18.2 Å². The van der Waals surface area contributed by atoms with Gasteiger partial charge in [0.1, 0.15) is 0 Å². The van der Waals surface area contributed by atoms with E-state index in [1.807, 2.05) is 11.0 Å². The van der Waals surface area contributed by atoms with E-state index in [-0.39, 0.29) is 5.56 Å². The molecule has 124 valence electrons. The van der Waals surface area contributed by atoms with E-state index in [0.29, 0.717) is 37.7 Å². The monoisotopic (exact) mass is 326 g/mol. The summed E-state index contributed by atoms with van der Waals surface area (Å²) in [6.45, 7) is 2.28. The summed E-state index contributed by atoms with van der Waals surface area (Å²) in [5.41, 5.74) is 0.260. The molecule has 0 saturated carbocycles. The molecule has 0 N–H and O–H groups in total. The lowest BCUT2D eigenvalue weighted by Gasteiger charge is -2.29. The zero-order chi connectivity index (χ0) is 16.8. The molecule has 2 aromatic rings. The zero-order valence-corrected chi connectivity index (χ0v) is 13.1. The second kappa shape index (κ2) is 7.61. The van der Waals surface area contributed by atoms with Gasteiger partial charge in [0.25, 0.3) is 5.56 Å². The minimum atomic E-state index is -0.461. The number of carbonyl (C=O) groups excluding carboxylic acids is 1. The van der Waals surface area contributed by atoms with Crippen molar-refractivity contribution in [1.82, 2.24) is 9.47 Å². The number of hydrogen-bond donors (Lipinski definition) is 0. The molecular weight excluding hydrogens is 308 g/mol. The molecule has 1 aliphatic rings. The molecule has 0 unspecified atom stereocenters. The molecule has 1 aromatic heterocycles. The summed E-state index contributed by atoms with van der Waals surface area (Å²) in [5.74, 6) is -0.127. The average Bonchev–Trinajstić information content (AvgIpc) is 2.64. The van der Waals surface area contributed by atoms with Crippen LogP contribution in [-0.2, 0) is 9.47 Å². The fraction of sp³-hybridized carbons (Fsp3) is 0.222. The van der Waals surface area contributed by atoms with Crippen molar-refractivity contribution in [3.63, 3.8) is 0 Å². The van der Waals surface area contributed by atoms with Gasteiger partial charge in [-0.2, -0.15) is 0 Å². The quantitative estimate of drug-likeness (QED) is 0.633. The minimum absolute atomic E-state index is 0.195. The third-order valence-corrected chi connectivity index (χ3v) is 3.63. The van der Waals surface area contributed by atoms with Crippen molar-refractivity contribution >= 4 is 12.2 Å². The molecule has 0 aliphatic carbocycles. The van der Waals surface area contributed by atoms with Gasteiger partial charge in [0.15, 0.2) is 0 Å². The summed E-state index contributed by atoms with van der Waals surface area (Å²) in [4.78, 5) is 26.2. The molecule has 0 atom stereocenters. The Balaban J connectivity index is 1.89. The number of hydrogen-bond acceptors (Lipinski definition) is 5. The SMILES string of the molecule is O=C(O/C(=C\n1ccccc1=O)N1CCOCC1)c1ccccc1. The van der Waals surface area contributed by atoms with E-state index < -0.39 is 5.97 Å². The Kier molecular flexibility index (Phi) is 5.08. The first-order valence-electron chi connectivity index (χ1n) is 7.73. The van der Waals surface area contributed by atoms with Crippen LogP contribution in [0.15, 0.2) is 65.4 Å². The van der Waals surface area contributed by atoms with Crippen LogP contribution in [0.5, 0.6) is 0 Å². The van der Waals surface area contributed by atoms with Gasteiger partial charge in [-0.15, -0.1) is 0 Å². The molecule has 0 radical (unpaired) electrons. The Labute approximate surface area is 139 Å². The van der Waals surface area contributed by atoms with E-state index in [0.717, 1.165) is 0 Å². The fourth-order valence-electron chi connectivity index (χ4n) is 2.35. The standard InChI is InChI=1S/C18H18N2O4/c21-16-8-4-5-9-20(16)14-17(19-10-12-23-13-11-19)24-18(22)15-6-2-1-3-7-15/h1-9,14H,10-13H2/b17-14-. The number of morpholine rings is 1. The smallest absolute Gasteiger partial charge is 0.344 e. The van der Waals surface area contributed by atoms with Crippen LogP contribution in [0, 0.1) is 0 Å². The highest BCUT2D eigenvalue weighted by Gasteiger charge is 2.19. The van der Waals surface area contributed by atoms with Crippen molar-refractivity contribution in [2.24, 2.45) is 0 Å². The lowest BCUT2D eigenvalue weighted by molar-refractivity contribution is 0.0153. The molecule has 2 heterocycles. The largest absolute Gasteiger partial charge is 0.404 e. The van der Waals surface area contributed by atoms with Gasteiger partial charge in [0.2, 0.25) is 5.88 Å². The second-order valence-corrected chi connectivity index (χ2v) is 5.27. The van der Waals surface area contributed by atoms with Gasteiger partial charge < -0.3 is 14.4 Å². The first-order chi connectivity index (χ1) is 11.7. The molecule has 24 heavy (non-hydrogen) atoms. The van der Waals surface area contributed by atoms with Crippen LogP contribution in [0.4, 0.5) is 0 Å². The van der Waals surface area contributed by atoms with Crippen LogP contribution in [0.3, 0.4) is 0 Å². The minimum Gasteiger partial charge on any atom is -0.404 e. The maximum atomic E-state index is 12.4.